The van der Waals surface area contributed by atoms with Gasteiger partial charge in [0.2, 0.25) is 35.4 Å². The van der Waals surface area contributed by atoms with Crippen LogP contribution in [-0.2, 0) is 44.8 Å². The van der Waals surface area contributed by atoms with Crippen molar-refractivity contribution in [3.05, 3.63) is 35.9 Å². The molecule has 1 saturated heterocycles. The van der Waals surface area contributed by atoms with Gasteiger partial charge in [-0.05, 0) is 44.6 Å². The minimum Gasteiger partial charge on any atom is -0.481 e. The predicted octanol–water partition coefficient (Wildman–Crippen LogP) is -4.17. The lowest BCUT2D eigenvalue weighted by Gasteiger charge is -2.31. The molecule has 1 aromatic rings. The molecule has 1 aromatic carbocycles. The van der Waals surface area contributed by atoms with E-state index >= 15 is 0 Å². The van der Waals surface area contributed by atoms with Crippen LogP contribution in [0.2, 0.25) is 0 Å². The lowest BCUT2D eigenvalue weighted by molar-refractivity contribution is -0.143. The van der Waals surface area contributed by atoms with Crippen LogP contribution in [0.15, 0.2) is 30.3 Å². The van der Waals surface area contributed by atoms with Crippen molar-refractivity contribution >= 4 is 53.3 Å². The monoisotopic (exact) mass is 762 g/mol. The summed E-state index contributed by atoms with van der Waals surface area (Å²) in [6.45, 7) is -0.0429. The van der Waals surface area contributed by atoms with Crippen LogP contribution in [0.25, 0.3) is 0 Å². The highest BCUT2D eigenvalue weighted by Crippen LogP contribution is 2.20. The van der Waals surface area contributed by atoms with Crippen LogP contribution in [0, 0.1) is 5.41 Å². The molecule has 21 nitrogen and oxygen atoms in total. The minimum absolute atomic E-state index is 0.0327. The molecule has 0 aromatic heterocycles. The number of hydrogen-bond acceptors (Lipinski definition) is 11. The molecule has 2 rings (SSSR count). The zero-order chi connectivity index (χ0) is 40.4. The lowest BCUT2D eigenvalue weighted by Crippen LogP contribution is -2.60. The molecular formula is C33H50N10O11. The van der Waals surface area contributed by atoms with Gasteiger partial charge in [0.05, 0.1) is 12.6 Å². The van der Waals surface area contributed by atoms with Crippen molar-refractivity contribution in [1.29, 1.82) is 5.41 Å². The van der Waals surface area contributed by atoms with E-state index < -0.39 is 103 Å². The number of likely N-dealkylation sites (tertiary alicyclic amines) is 1. The van der Waals surface area contributed by atoms with Gasteiger partial charge in [0.1, 0.15) is 36.8 Å². The summed E-state index contributed by atoms with van der Waals surface area (Å²) >= 11 is 0. The maximum Gasteiger partial charge on any atom is 0.322 e. The van der Waals surface area contributed by atoms with Gasteiger partial charge in [-0.2, -0.15) is 0 Å². The molecule has 298 valence electrons. The number of nitrogens with zero attached hydrogens (tertiary/aromatic N) is 1. The fraction of sp³-hybridized carbons (Fsp3) is 0.545. The molecule has 0 saturated carbocycles. The molecule has 6 atom stereocenters. The molecule has 0 spiro atoms. The van der Waals surface area contributed by atoms with E-state index in [1.54, 1.807) is 30.3 Å². The molecule has 0 aliphatic carbocycles. The fourth-order valence-corrected chi connectivity index (χ4v) is 5.48. The molecule has 0 unspecified atom stereocenters. The van der Waals surface area contributed by atoms with Crippen LogP contribution in [0.5, 0.6) is 0 Å². The number of aliphatic hydroxyl groups is 1. The number of hydrogen-bond donors (Lipinski definition) is 12. The number of carbonyl (C=O) groups excluding carboxylic acids is 6. The summed E-state index contributed by atoms with van der Waals surface area (Å²) in [6, 6.07) is 0.900. The summed E-state index contributed by atoms with van der Waals surface area (Å²) in [5.74, 6) is -7.78. The van der Waals surface area contributed by atoms with E-state index in [0.717, 1.165) is 0 Å². The first kappa shape index (κ1) is 44.3. The van der Waals surface area contributed by atoms with Gasteiger partial charge in [0.15, 0.2) is 5.96 Å². The zero-order valence-electron chi connectivity index (χ0n) is 29.8. The smallest absolute Gasteiger partial charge is 0.322 e. The molecule has 6 amide bonds. The lowest BCUT2D eigenvalue weighted by atomic mass is 10.0. The largest absolute Gasteiger partial charge is 0.481 e. The SMILES string of the molecule is C[C@H](N)C(=O)N[C@@H](CCC(=O)O)C(=O)N[C@@H](Cc1ccccc1)C(=O)N1CCC[C@H]1C(=O)N[C@@H](CO)C(=O)N[C@@H](CCCNC(=N)N)C(=O)NCC(=O)O. The summed E-state index contributed by atoms with van der Waals surface area (Å²) in [6.07, 6.45) is -0.140. The average molecular weight is 763 g/mol. The van der Waals surface area contributed by atoms with E-state index in [1.807, 2.05) is 0 Å². The van der Waals surface area contributed by atoms with Crippen molar-refractivity contribution in [1.82, 2.24) is 36.8 Å². The Morgan fingerprint density at radius 1 is 0.833 bits per heavy atom. The van der Waals surface area contributed by atoms with Gasteiger partial charge in [0.25, 0.3) is 0 Å². The second kappa shape index (κ2) is 22.3. The molecule has 0 radical (unpaired) electrons. The Morgan fingerprint density at radius 3 is 2.04 bits per heavy atom. The first-order chi connectivity index (χ1) is 25.5. The van der Waals surface area contributed by atoms with Crippen molar-refractivity contribution in [3.63, 3.8) is 0 Å². The van der Waals surface area contributed by atoms with Gasteiger partial charge in [0, 0.05) is 25.9 Å². The third-order valence-electron chi connectivity index (χ3n) is 8.28. The number of nitrogens with two attached hydrogens (primary N) is 2. The Morgan fingerprint density at radius 2 is 1.44 bits per heavy atom. The molecule has 1 heterocycles. The van der Waals surface area contributed by atoms with E-state index in [-0.39, 0.29) is 51.2 Å². The number of aliphatic hydroxyl groups excluding tert-OH is 1. The normalized spacial score (nSPS) is 16.4. The molecule has 0 bridgehead atoms. The summed E-state index contributed by atoms with van der Waals surface area (Å²) in [4.78, 5) is 103. The third kappa shape index (κ3) is 15.0. The van der Waals surface area contributed by atoms with Crippen LogP contribution in [0.4, 0.5) is 0 Å². The quantitative estimate of drug-likeness (QED) is 0.0303. The number of carbonyl (C=O) groups is 8. The van der Waals surface area contributed by atoms with Crippen LogP contribution in [0.1, 0.15) is 51.0 Å². The Balaban J connectivity index is 2.26. The summed E-state index contributed by atoms with van der Waals surface area (Å²) in [5.41, 5.74) is 11.5. The molecule has 21 heteroatoms. The minimum atomic E-state index is -1.59. The first-order valence-electron chi connectivity index (χ1n) is 17.3. The maximum atomic E-state index is 14.1. The molecular weight excluding hydrogens is 712 g/mol. The van der Waals surface area contributed by atoms with Crippen molar-refractivity contribution < 1.29 is 53.7 Å². The molecule has 54 heavy (non-hydrogen) atoms. The van der Waals surface area contributed by atoms with Crippen molar-refractivity contribution in [2.24, 2.45) is 11.5 Å². The molecule has 14 N–H and O–H groups in total. The summed E-state index contributed by atoms with van der Waals surface area (Å²) < 4.78 is 0. The number of guanidine groups is 1. The van der Waals surface area contributed by atoms with Crippen molar-refractivity contribution in [3.8, 4) is 0 Å². The zero-order valence-corrected chi connectivity index (χ0v) is 29.8. The summed E-state index contributed by atoms with van der Waals surface area (Å²) in [5, 5.41) is 49.9. The Labute approximate surface area is 310 Å². The summed E-state index contributed by atoms with van der Waals surface area (Å²) in [7, 11) is 0. The standard InChI is InChI=1S/C33H50N10O11/c1-18(34)27(49)39-21(11-12-25(45)46)29(51)41-22(15-19-7-3-2-4-8-19)32(54)43-14-6-10-24(43)31(53)42-23(17-44)30(52)40-20(9-5-13-37-33(35)36)28(50)38-16-26(47)48/h2-4,7-8,18,20-24,44H,5-6,9-17,34H2,1H3,(H,38,50)(H,39,49)(H,40,52)(H,41,51)(H,42,53)(H,45,46)(H,47,48)(H4,35,36,37)/t18-,20-,21-,22-,23-,24-/m0/s1. The second-order valence-electron chi connectivity index (χ2n) is 12.6. The van der Waals surface area contributed by atoms with Crippen LogP contribution >= 0.6 is 0 Å². The molecule has 1 aliphatic rings. The Bertz CT molecular complexity index is 1510. The number of carboxylic acid groups (broad SMARTS) is 2. The number of amides is 6. The number of rotatable bonds is 22. The van der Waals surface area contributed by atoms with E-state index in [9.17, 15) is 48.6 Å². The molecule has 1 fully saturated rings. The number of benzene rings is 1. The van der Waals surface area contributed by atoms with Gasteiger partial charge >= 0.3 is 11.9 Å². The Kier molecular flexibility index (Phi) is 18.3. The predicted molar refractivity (Wildman–Crippen MR) is 190 cm³/mol. The number of carboxylic acids is 2. The highest BCUT2D eigenvalue weighted by atomic mass is 16.4. The van der Waals surface area contributed by atoms with E-state index in [1.165, 1.54) is 11.8 Å². The number of aliphatic carboxylic acids is 2. The Hall–Kier alpha value is -5.83. The first-order valence-corrected chi connectivity index (χ1v) is 17.3. The highest BCUT2D eigenvalue weighted by molar-refractivity contribution is 5.97. The van der Waals surface area contributed by atoms with Gasteiger partial charge in [-0.3, -0.25) is 43.8 Å². The van der Waals surface area contributed by atoms with E-state index in [2.05, 4.69) is 31.9 Å². The maximum absolute atomic E-state index is 14.1. The van der Waals surface area contributed by atoms with Crippen LogP contribution in [-0.4, -0.2) is 136 Å². The highest BCUT2D eigenvalue weighted by Gasteiger charge is 2.40. The third-order valence-corrected chi connectivity index (χ3v) is 8.28. The van der Waals surface area contributed by atoms with E-state index in [4.69, 9.17) is 22.0 Å². The van der Waals surface area contributed by atoms with Gasteiger partial charge in [-0.15, -0.1) is 0 Å². The van der Waals surface area contributed by atoms with Gasteiger partial charge in [-0.1, -0.05) is 30.3 Å². The van der Waals surface area contributed by atoms with Crippen LogP contribution in [0.3, 0.4) is 0 Å². The topological polar surface area (TPSA) is 349 Å². The van der Waals surface area contributed by atoms with Crippen molar-refractivity contribution in [2.45, 2.75) is 88.1 Å². The average Bonchev–Trinajstić information content (AvgIpc) is 3.62. The van der Waals surface area contributed by atoms with E-state index in [0.29, 0.717) is 12.0 Å². The second-order valence-corrected chi connectivity index (χ2v) is 12.6. The number of nitrogens with one attached hydrogen (secondary N) is 7. The van der Waals surface area contributed by atoms with Crippen LogP contribution < -0.4 is 43.4 Å². The van der Waals surface area contributed by atoms with Gasteiger partial charge in [-0.25, -0.2) is 0 Å². The van der Waals surface area contributed by atoms with Gasteiger partial charge < -0.3 is 63.6 Å². The van der Waals surface area contributed by atoms with Crippen molar-refractivity contribution in [2.75, 3.05) is 26.2 Å². The molecule has 1 aliphatic heterocycles. The fourth-order valence-electron chi connectivity index (χ4n) is 5.48.